The van der Waals surface area contributed by atoms with Gasteiger partial charge in [-0.05, 0) is 24.3 Å². The molecule has 0 radical (unpaired) electrons. The van der Waals surface area contributed by atoms with Gasteiger partial charge in [-0.2, -0.15) is 0 Å². The maximum Gasteiger partial charge on any atom is 0.258 e. The zero-order valence-electron chi connectivity index (χ0n) is 15.3. The Hall–Kier alpha value is -3.57. The number of para-hydroxylation sites is 1. The highest BCUT2D eigenvalue weighted by molar-refractivity contribution is 6.32. The molecule has 2 heterocycles. The molecule has 0 saturated heterocycles. The van der Waals surface area contributed by atoms with E-state index in [4.69, 9.17) is 11.6 Å². The average Bonchev–Trinajstić information content (AvgIpc) is 2.75. The highest BCUT2D eigenvalue weighted by Gasteiger charge is 2.17. The van der Waals surface area contributed by atoms with Gasteiger partial charge in [0, 0.05) is 29.6 Å². The van der Waals surface area contributed by atoms with Crippen molar-refractivity contribution in [3.8, 4) is 16.9 Å². The van der Waals surface area contributed by atoms with Crippen LogP contribution >= 0.6 is 11.6 Å². The molecule has 2 aromatic carbocycles. The minimum absolute atomic E-state index is 0.0504. The fraction of sp³-hybridized carbons (Fsp3) is 0.0435. The van der Waals surface area contributed by atoms with Crippen LogP contribution in [0.3, 0.4) is 0 Å². The molecule has 142 valence electrons. The standard InChI is InChI=1S/C23H16ClN3O2/c24-18-8-4-5-9-20(18)27-22(15-21(28)17-10-12-25-13-11-17)26-19(14-23(27)29)16-6-2-1-3-7-16/h1-14H,15H2. The van der Waals surface area contributed by atoms with Crippen LogP contribution in [-0.4, -0.2) is 20.3 Å². The van der Waals surface area contributed by atoms with Crippen LogP contribution in [0, 0.1) is 0 Å². The molecule has 0 atom stereocenters. The minimum Gasteiger partial charge on any atom is -0.294 e. The first-order valence-electron chi connectivity index (χ1n) is 9.00. The number of carbonyl (C=O) groups is 1. The fourth-order valence-corrected chi connectivity index (χ4v) is 3.30. The van der Waals surface area contributed by atoms with E-state index < -0.39 is 0 Å². The fourth-order valence-electron chi connectivity index (χ4n) is 3.08. The summed E-state index contributed by atoms with van der Waals surface area (Å²) in [4.78, 5) is 34.5. The highest BCUT2D eigenvalue weighted by atomic mass is 35.5. The summed E-state index contributed by atoms with van der Waals surface area (Å²) in [6.45, 7) is 0. The van der Waals surface area contributed by atoms with E-state index in [1.807, 2.05) is 30.3 Å². The summed E-state index contributed by atoms with van der Waals surface area (Å²) in [5.74, 6) is 0.164. The summed E-state index contributed by atoms with van der Waals surface area (Å²) in [5, 5.41) is 0.404. The largest absolute Gasteiger partial charge is 0.294 e. The predicted molar refractivity (Wildman–Crippen MR) is 113 cm³/mol. The molecule has 6 heteroatoms. The Labute approximate surface area is 172 Å². The van der Waals surface area contributed by atoms with E-state index in [0.29, 0.717) is 27.8 Å². The van der Waals surface area contributed by atoms with Gasteiger partial charge in [-0.3, -0.25) is 19.1 Å². The third kappa shape index (κ3) is 4.00. The lowest BCUT2D eigenvalue weighted by Crippen LogP contribution is -2.25. The van der Waals surface area contributed by atoms with E-state index in [1.54, 1.807) is 48.8 Å². The van der Waals surface area contributed by atoms with E-state index in [2.05, 4.69) is 9.97 Å². The normalized spacial score (nSPS) is 10.7. The van der Waals surface area contributed by atoms with E-state index in [0.717, 1.165) is 5.56 Å². The molecular formula is C23H16ClN3O2. The first-order valence-corrected chi connectivity index (χ1v) is 9.38. The Bertz CT molecular complexity index is 1220. The Morgan fingerprint density at radius 1 is 0.931 bits per heavy atom. The molecule has 0 bridgehead atoms. The van der Waals surface area contributed by atoms with E-state index in [-0.39, 0.29) is 17.8 Å². The van der Waals surface area contributed by atoms with Gasteiger partial charge < -0.3 is 0 Å². The lowest BCUT2D eigenvalue weighted by molar-refractivity contribution is 0.0990. The van der Waals surface area contributed by atoms with Gasteiger partial charge >= 0.3 is 0 Å². The Morgan fingerprint density at radius 3 is 2.34 bits per heavy atom. The molecular weight excluding hydrogens is 386 g/mol. The van der Waals surface area contributed by atoms with Crippen LogP contribution in [0.5, 0.6) is 0 Å². The van der Waals surface area contributed by atoms with Crippen molar-refractivity contribution in [2.75, 3.05) is 0 Å². The number of carbonyl (C=O) groups excluding carboxylic acids is 1. The molecule has 4 rings (SSSR count). The molecule has 5 nitrogen and oxygen atoms in total. The third-order valence-corrected chi connectivity index (χ3v) is 4.79. The second-order valence-corrected chi connectivity index (χ2v) is 6.79. The monoisotopic (exact) mass is 401 g/mol. The minimum atomic E-state index is -0.301. The van der Waals surface area contributed by atoms with Gasteiger partial charge in [0.15, 0.2) is 5.78 Å². The maximum atomic E-state index is 13.0. The topological polar surface area (TPSA) is 64.8 Å². The quantitative estimate of drug-likeness (QED) is 0.466. The number of ketones is 1. The van der Waals surface area contributed by atoms with Crippen LogP contribution in [0.1, 0.15) is 16.2 Å². The molecule has 4 aromatic rings. The van der Waals surface area contributed by atoms with Gasteiger partial charge in [-0.25, -0.2) is 4.98 Å². The lowest BCUT2D eigenvalue weighted by Gasteiger charge is -2.14. The van der Waals surface area contributed by atoms with Gasteiger partial charge in [-0.1, -0.05) is 54.1 Å². The third-order valence-electron chi connectivity index (χ3n) is 4.47. The van der Waals surface area contributed by atoms with Crippen LogP contribution in [0.15, 0.2) is 90.0 Å². The van der Waals surface area contributed by atoms with Gasteiger partial charge in [0.1, 0.15) is 5.82 Å². The van der Waals surface area contributed by atoms with Crippen molar-refractivity contribution >= 4 is 17.4 Å². The van der Waals surface area contributed by atoms with Crippen LogP contribution in [-0.2, 0) is 6.42 Å². The summed E-state index contributed by atoms with van der Waals surface area (Å²) in [6.07, 6.45) is 3.07. The van der Waals surface area contributed by atoms with E-state index >= 15 is 0 Å². The summed E-state index contributed by atoms with van der Waals surface area (Å²) in [6, 6.07) is 21.1. The first kappa shape index (κ1) is 18.8. The Kier molecular flexibility index (Phi) is 5.31. The zero-order valence-corrected chi connectivity index (χ0v) is 16.1. The van der Waals surface area contributed by atoms with Crippen LogP contribution < -0.4 is 5.56 Å². The van der Waals surface area contributed by atoms with Crippen molar-refractivity contribution in [3.63, 3.8) is 0 Å². The van der Waals surface area contributed by atoms with Gasteiger partial charge in [0.2, 0.25) is 0 Å². The Morgan fingerprint density at radius 2 is 1.62 bits per heavy atom. The number of halogens is 1. The number of nitrogens with zero attached hydrogens (tertiary/aromatic N) is 3. The zero-order chi connectivity index (χ0) is 20.2. The van der Waals surface area contributed by atoms with Crippen LogP contribution in [0.4, 0.5) is 0 Å². The van der Waals surface area contributed by atoms with E-state index in [1.165, 1.54) is 10.6 Å². The number of aromatic nitrogens is 3. The second-order valence-electron chi connectivity index (χ2n) is 6.38. The van der Waals surface area contributed by atoms with Crippen molar-refractivity contribution in [3.05, 3.63) is 112 Å². The molecule has 2 aromatic heterocycles. The average molecular weight is 402 g/mol. The molecule has 0 amide bonds. The smallest absolute Gasteiger partial charge is 0.258 e. The number of Topliss-reactive ketones (excluding diaryl/α,β-unsaturated/α-hetero) is 1. The number of benzene rings is 2. The number of hydrogen-bond acceptors (Lipinski definition) is 4. The number of hydrogen-bond donors (Lipinski definition) is 0. The molecule has 0 aliphatic heterocycles. The van der Waals surface area contributed by atoms with Gasteiger partial charge in [0.25, 0.3) is 5.56 Å². The Balaban J connectivity index is 1.87. The van der Waals surface area contributed by atoms with Gasteiger partial charge in [0.05, 0.1) is 22.8 Å². The van der Waals surface area contributed by atoms with Crippen LogP contribution in [0.25, 0.3) is 16.9 Å². The SMILES string of the molecule is O=C(Cc1nc(-c2ccccc2)cc(=O)n1-c1ccccc1Cl)c1ccncc1. The molecule has 0 spiro atoms. The maximum absolute atomic E-state index is 13.0. The van der Waals surface area contributed by atoms with Crippen LogP contribution in [0.2, 0.25) is 5.02 Å². The van der Waals surface area contributed by atoms with E-state index in [9.17, 15) is 9.59 Å². The van der Waals surface area contributed by atoms with Crippen molar-refractivity contribution in [2.45, 2.75) is 6.42 Å². The molecule has 0 unspecified atom stereocenters. The summed E-state index contributed by atoms with van der Waals surface area (Å²) in [7, 11) is 0. The number of rotatable bonds is 5. The molecule has 0 saturated carbocycles. The molecule has 0 N–H and O–H groups in total. The van der Waals surface area contributed by atoms with Crippen molar-refractivity contribution in [2.24, 2.45) is 0 Å². The van der Waals surface area contributed by atoms with Crippen molar-refractivity contribution in [1.29, 1.82) is 0 Å². The first-order chi connectivity index (χ1) is 14.1. The molecule has 29 heavy (non-hydrogen) atoms. The molecule has 0 fully saturated rings. The summed E-state index contributed by atoms with van der Waals surface area (Å²) < 4.78 is 1.40. The van der Waals surface area contributed by atoms with Crippen molar-refractivity contribution < 1.29 is 4.79 Å². The molecule has 0 aliphatic carbocycles. The summed E-state index contributed by atoms with van der Waals surface area (Å²) >= 11 is 6.33. The lowest BCUT2D eigenvalue weighted by atomic mass is 10.1. The van der Waals surface area contributed by atoms with Crippen molar-refractivity contribution in [1.82, 2.24) is 14.5 Å². The predicted octanol–water partition coefficient (Wildman–Crippen LogP) is 4.37. The second kappa shape index (κ2) is 8.20. The highest BCUT2D eigenvalue weighted by Crippen LogP contribution is 2.22. The molecule has 0 aliphatic rings. The number of pyridine rings is 1. The van der Waals surface area contributed by atoms with Gasteiger partial charge in [-0.15, -0.1) is 0 Å². The summed E-state index contributed by atoms with van der Waals surface area (Å²) in [5.41, 5.74) is 2.00.